The number of nitrogens with two attached hydrogens (primary N) is 1. The Balaban J connectivity index is 1.51. The first kappa shape index (κ1) is 17.1. The van der Waals surface area contributed by atoms with Gasteiger partial charge in [0.2, 0.25) is 5.91 Å². The van der Waals surface area contributed by atoms with E-state index < -0.39 is 25.7 Å². The number of fused-ring (bicyclic) bond motifs is 3. The second-order valence-electron chi connectivity index (χ2n) is 6.95. The van der Waals surface area contributed by atoms with E-state index in [0.29, 0.717) is 0 Å². The van der Waals surface area contributed by atoms with Crippen molar-refractivity contribution in [1.29, 1.82) is 0 Å². The number of carboxylic acid groups (broad SMARTS) is 1. The summed E-state index contributed by atoms with van der Waals surface area (Å²) in [7, 11) is -1.00. The molecule has 26 heavy (non-hydrogen) atoms. The molecule has 4 rings (SSSR count). The van der Waals surface area contributed by atoms with E-state index in [1.54, 1.807) is 12.1 Å². The van der Waals surface area contributed by atoms with Crippen LogP contribution in [0.3, 0.4) is 0 Å². The van der Waals surface area contributed by atoms with Gasteiger partial charge in [-0.3, -0.25) is 4.79 Å². The monoisotopic (exact) mass is 362 g/mol. The molecule has 1 aromatic rings. The van der Waals surface area contributed by atoms with Crippen molar-refractivity contribution in [2.45, 2.75) is 30.3 Å². The van der Waals surface area contributed by atoms with E-state index in [1.807, 2.05) is 0 Å². The van der Waals surface area contributed by atoms with Gasteiger partial charge >= 0.3 is 13.1 Å². The van der Waals surface area contributed by atoms with Gasteiger partial charge in [0, 0.05) is 5.82 Å². The van der Waals surface area contributed by atoms with Crippen LogP contribution in [0, 0.1) is 0 Å². The number of carbonyl (C=O) groups is 2. The lowest BCUT2D eigenvalue weighted by Gasteiger charge is -2.40. The highest BCUT2D eigenvalue weighted by molar-refractivity contribution is 6.48. The van der Waals surface area contributed by atoms with Crippen LogP contribution in [-0.4, -0.2) is 71.0 Å². The maximum Gasteiger partial charge on any atom is 0.526 e. The fraction of sp³-hybridized carbons (Fsp3) is 0.500. The molecule has 10 heteroatoms. The summed E-state index contributed by atoms with van der Waals surface area (Å²) in [5, 5.41) is 28.5. The van der Waals surface area contributed by atoms with Crippen LogP contribution in [0.15, 0.2) is 12.1 Å². The average Bonchev–Trinajstić information content (AvgIpc) is 3.37. The van der Waals surface area contributed by atoms with E-state index in [1.165, 1.54) is 4.90 Å². The van der Waals surface area contributed by atoms with Crippen LogP contribution in [0.1, 0.15) is 28.3 Å². The molecular weight excluding hydrogens is 343 g/mol. The van der Waals surface area contributed by atoms with Gasteiger partial charge in [-0.1, -0.05) is 6.07 Å². The van der Waals surface area contributed by atoms with Crippen molar-refractivity contribution in [2.24, 2.45) is 5.73 Å². The van der Waals surface area contributed by atoms with Crippen molar-refractivity contribution >= 4 is 19.0 Å². The van der Waals surface area contributed by atoms with Gasteiger partial charge in [0.1, 0.15) is 29.2 Å². The minimum absolute atomic E-state index is 0.0258. The van der Waals surface area contributed by atoms with Crippen LogP contribution in [0.5, 0.6) is 11.5 Å². The zero-order chi connectivity index (χ0) is 18.6. The van der Waals surface area contributed by atoms with Crippen LogP contribution in [0.25, 0.3) is 0 Å². The number of aliphatic hydroxyl groups is 1. The van der Waals surface area contributed by atoms with Crippen molar-refractivity contribution in [1.82, 2.24) is 4.90 Å². The first-order chi connectivity index (χ1) is 12.4. The number of benzene rings is 1. The number of ether oxygens (including phenoxy) is 1. The first-order valence-corrected chi connectivity index (χ1v) is 8.47. The van der Waals surface area contributed by atoms with Gasteiger partial charge in [-0.05, 0) is 24.0 Å². The molecule has 9 nitrogen and oxygen atoms in total. The van der Waals surface area contributed by atoms with Gasteiger partial charge in [-0.2, -0.15) is 0 Å². The van der Waals surface area contributed by atoms with E-state index >= 15 is 0 Å². The number of likely N-dealkylation sites (tertiary alicyclic amines) is 1. The highest BCUT2D eigenvalue weighted by atomic mass is 16.5. The molecule has 0 radical (unpaired) electrons. The Labute approximate surface area is 149 Å². The molecule has 138 valence electrons. The van der Waals surface area contributed by atoms with Crippen molar-refractivity contribution in [3.63, 3.8) is 0 Å². The molecule has 1 saturated heterocycles. The lowest BCUT2D eigenvalue weighted by Crippen LogP contribution is -2.60. The topological polar surface area (TPSA) is 143 Å². The molecule has 0 bridgehead atoms. The number of rotatable bonds is 5. The van der Waals surface area contributed by atoms with Gasteiger partial charge in [0.25, 0.3) is 0 Å². The van der Waals surface area contributed by atoms with E-state index in [9.17, 15) is 19.7 Å². The van der Waals surface area contributed by atoms with Crippen LogP contribution in [0.4, 0.5) is 0 Å². The molecule has 3 aliphatic rings. The van der Waals surface area contributed by atoms with Crippen molar-refractivity contribution in [3.8, 4) is 11.5 Å². The minimum Gasteiger partial charge on any atom is -0.535 e. The Morgan fingerprint density at radius 2 is 2.15 bits per heavy atom. The Hall–Kier alpha value is -2.30. The molecule has 1 aliphatic carbocycles. The predicted octanol–water partition coefficient (Wildman–Crippen LogP) is -0.976. The van der Waals surface area contributed by atoms with E-state index in [0.717, 1.165) is 12.0 Å². The molecule has 1 saturated carbocycles. The standard InChI is InChI=1S/C16H19BN2O7/c18-11(6-20)15(21)19-4-7(5-19)25-12-2-1-8-9-3-10(9)17(24)26-14(8)13(12)16(22)23/h1-2,7,9-11,20,24H,3-6,18H2,(H,22,23)/t9?,10?,11-/m0/s1. The molecule has 1 aromatic carbocycles. The summed E-state index contributed by atoms with van der Waals surface area (Å²) >= 11 is 0. The Morgan fingerprint density at radius 1 is 1.42 bits per heavy atom. The number of hydrogen-bond donors (Lipinski definition) is 4. The van der Waals surface area contributed by atoms with Gasteiger partial charge < -0.3 is 35.3 Å². The van der Waals surface area contributed by atoms with E-state index in [2.05, 4.69) is 0 Å². The number of amides is 1. The van der Waals surface area contributed by atoms with Crippen molar-refractivity contribution in [2.75, 3.05) is 19.7 Å². The highest BCUT2D eigenvalue weighted by Crippen LogP contribution is 2.60. The second-order valence-corrected chi connectivity index (χ2v) is 6.95. The minimum atomic E-state index is -1.20. The van der Waals surface area contributed by atoms with E-state index in [4.69, 9.17) is 20.2 Å². The number of aliphatic hydroxyl groups excluding tert-OH is 1. The predicted molar refractivity (Wildman–Crippen MR) is 89.2 cm³/mol. The SMILES string of the molecule is N[C@@H](CO)C(=O)N1CC(Oc2ccc3c(c2C(=O)O)OB(O)C2CC32)C1. The Morgan fingerprint density at radius 3 is 2.81 bits per heavy atom. The van der Waals surface area contributed by atoms with Crippen LogP contribution < -0.4 is 15.1 Å². The summed E-state index contributed by atoms with van der Waals surface area (Å²) in [5.41, 5.74) is 6.17. The van der Waals surface area contributed by atoms with Crippen LogP contribution in [-0.2, 0) is 4.79 Å². The summed E-state index contributed by atoms with van der Waals surface area (Å²) in [6, 6.07) is 2.41. The maximum absolute atomic E-state index is 11.8. The quantitative estimate of drug-likeness (QED) is 0.490. The summed E-state index contributed by atoms with van der Waals surface area (Å²) < 4.78 is 11.2. The van der Waals surface area contributed by atoms with Crippen molar-refractivity contribution < 1.29 is 34.2 Å². The summed E-state index contributed by atoms with van der Waals surface area (Å²) in [4.78, 5) is 25.0. The van der Waals surface area contributed by atoms with E-state index in [-0.39, 0.29) is 53.9 Å². The molecule has 2 unspecified atom stereocenters. The van der Waals surface area contributed by atoms with Gasteiger partial charge in [0.05, 0.1) is 19.7 Å². The third-order valence-electron chi connectivity index (χ3n) is 5.18. The molecule has 0 aromatic heterocycles. The average molecular weight is 362 g/mol. The molecule has 2 aliphatic heterocycles. The smallest absolute Gasteiger partial charge is 0.526 e. The fourth-order valence-electron chi connectivity index (χ4n) is 3.58. The van der Waals surface area contributed by atoms with Gasteiger partial charge in [0.15, 0.2) is 0 Å². The van der Waals surface area contributed by atoms with Gasteiger partial charge in [-0.15, -0.1) is 0 Å². The molecule has 3 atom stereocenters. The summed E-state index contributed by atoms with van der Waals surface area (Å²) in [5.74, 6) is -1.11. The number of aromatic carboxylic acids is 1. The highest BCUT2D eigenvalue weighted by Gasteiger charge is 2.54. The lowest BCUT2D eigenvalue weighted by molar-refractivity contribution is -0.142. The van der Waals surface area contributed by atoms with Crippen molar-refractivity contribution in [3.05, 3.63) is 23.3 Å². The molecule has 2 fully saturated rings. The van der Waals surface area contributed by atoms with Crippen LogP contribution in [0.2, 0.25) is 5.82 Å². The zero-order valence-corrected chi connectivity index (χ0v) is 13.9. The molecular formula is C16H19BN2O7. The zero-order valence-electron chi connectivity index (χ0n) is 13.9. The second kappa shape index (κ2) is 6.15. The number of hydrogen-bond acceptors (Lipinski definition) is 7. The number of carboxylic acids is 1. The third-order valence-corrected chi connectivity index (χ3v) is 5.18. The fourth-order valence-corrected chi connectivity index (χ4v) is 3.58. The molecule has 2 heterocycles. The molecule has 5 N–H and O–H groups in total. The molecule has 1 amide bonds. The summed E-state index contributed by atoms with van der Waals surface area (Å²) in [6.45, 7) is 0.0877. The number of carbonyl (C=O) groups excluding carboxylic acids is 1. The summed E-state index contributed by atoms with van der Waals surface area (Å²) in [6.07, 6.45) is 0.404. The third kappa shape index (κ3) is 2.70. The largest absolute Gasteiger partial charge is 0.535 e. The number of nitrogens with zero attached hydrogens (tertiary/aromatic N) is 1. The lowest BCUT2D eigenvalue weighted by atomic mass is 9.77. The maximum atomic E-state index is 11.8. The first-order valence-electron chi connectivity index (χ1n) is 8.47. The molecule has 0 spiro atoms. The van der Waals surface area contributed by atoms with Gasteiger partial charge in [-0.25, -0.2) is 4.79 Å². The Bertz CT molecular complexity index is 767. The Kier molecular flexibility index (Phi) is 4.05. The normalized spacial score (nSPS) is 24.7. The van der Waals surface area contributed by atoms with Crippen LogP contribution >= 0.6 is 0 Å².